The van der Waals surface area contributed by atoms with Gasteiger partial charge in [0.15, 0.2) is 17.6 Å². The minimum absolute atomic E-state index is 0.0204. The molecule has 0 radical (unpaired) electrons. The van der Waals surface area contributed by atoms with Crippen LogP contribution in [-0.4, -0.2) is 45.5 Å². The van der Waals surface area contributed by atoms with Crippen molar-refractivity contribution in [3.63, 3.8) is 0 Å². The van der Waals surface area contributed by atoms with Gasteiger partial charge in [0, 0.05) is 6.54 Å². The number of hydrogen-bond donors (Lipinski definition) is 1. The average molecular weight is 436 g/mol. The second-order valence-corrected chi connectivity index (χ2v) is 6.83. The Morgan fingerprint density at radius 1 is 1.00 bits per heavy atom. The average Bonchev–Trinajstić information content (AvgIpc) is 2.83. The normalized spacial score (nSPS) is 11.0. The highest BCUT2D eigenvalue weighted by molar-refractivity contribution is 5.81. The van der Waals surface area contributed by atoms with Gasteiger partial charge in [-0.3, -0.25) is 4.79 Å². The molecule has 0 spiro atoms. The first-order valence-corrected chi connectivity index (χ1v) is 10.4. The van der Waals surface area contributed by atoms with Crippen molar-refractivity contribution in [2.75, 3.05) is 33.5 Å². The molecule has 1 unspecified atom stereocenters. The number of rotatable bonds is 13. The molecule has 0 aliphatic rings. The first kappa shape index (κ1) is 24.7. The van der Waals surface area contributed by atoms with Crippen LogP contribution in [0.4, 0.5) is 0 Å². The molecule has 0 aromatic heterocycles. The summed E-state index contributed by atoms with van der Waals surface area (Å²) in [5.74, 6) is 6.35. The van der Waals surface area contributed by atoms with Crippen LogP contribution in [0.15, 0.2) is 42.5 Å². The molecule has 0 aliphatic heterocycles. The van der Waals surface area contributed by atoms with Gasteiger partial charge in [0.2, 0.25) is 0 Å². The van der Waals surface area contributed by atoms with E-state index in [1.165, 1.54) is 5.56 Å². The van der Waals surface area contributed by atoms with Gasteiger partial charge in [-0.05, 0) is 48.2 Å². The zero-order valence-electron chi connectivity index (χ0n) is 18.6. The van der Waals surface area contributed by atoms with Gasteiger partial charge in [0.25, 0.3) is 5.91 Å². The molecule has 0 saturated heterocycles. The smallest absolute Gasteiger partial charge is 0.252 e. The van der Waals surface area contributed by atoms with Crippen LogP contribution in [0.2, 0.25) is 0 Å². The first-order chi connectivity index (χ1) is 15.6. The maximum atomic E-state index is 12.6. The monoisotopic (exact) mass is 435 g/mol. The predicted octanol–water partition coefficient (Wildman–Crippen LogP) is 3.03. The molecule has 6 nitrogen and oxygen atoms in total. The third-order valence-electron chi connectivity index (χ3n) is 4.65. The second kappa shape index (κ2) is 13.6. The molecule has 6 heteroatoms. The van der Waals surface area contributed by atoms with Gasteiger partial charge in [0.05, 0.1) is 7.11 Å². The third-order valence-corrected chi connectivity index (χ3v) is 4.65. The maximum absolute atomic E-state index is 12.6. The standard InChI is InChI=1S/C26H29NO5/c1-5-16-30-23-13-10-21(18-24(23)29-4)14-15-27-26(28)25(31-17-6-2)19-32-22-11-8-20(7-3)9-12-22/h1-2,8-13,18,25H,7,14-17,19H2,3-4H3,(H,27,28). The molecule has 0 fully saturated rings. The summed E-state index contributed by atoms with van der Waals surface area (Å²) >= 11 is 0. The Hall–Kier alpha value is -3.61. The molecule has 1 amide bonds. The molecular weight excluding hydrogens is 406 g/mol. The van der Waals surface area contributed by atoms with Gasteiger partial charge in [-0.2, -0.15) is 0 Å². The SMILES string of the molecule is C#CCOc1ccc(CCNC(=O)C(COc2ccc(CC)cc2)OCC#C)cc1OC. The number of methoxy groups -OCH3 is 1. The lowest BCUT2D eigenvalue weighted by Gasteiger charge is -2.17. The number of benzene rings is 2. The fourth-order valence-electron chi connectivity index (χ4n) is 2.89. The minimum Gasteiger partial charge on any atom is -0.493 e. The van der Waals surface area contributed by atoms with E-state index in [2.05, 4.69) is 24.1 Å². The molecule has 0 bridgehead atoms. The van der Waals surface area contributed by atoms with Gasteiger partial charge < -0.3 is 24.3 Å². The number of nitrogens with one attached hydrogen (secondary N) is 1. The van der Waals surface area contributed by atoms with Crippen LogP contribution in [0.25, 0.3) is 0 Å². The summed E-state index contributed by atoms with van der Waals surface area (Å²) in [4.78, 5) is 12.6. The lowest BCUT2D eigenvalue weighted by atomic mass is 10.1. The summed E-state index contributed by atoms with van der Waals surface area (Å²) in [6.07, 6.45) is 11.2. The molecule has 1 N–H and O–H groups in total. The summed E-state index contributed by atoms with van der Waals surface area (Å²) in [6.45, 7) is 2.74. The number of carbonyl (C=O) groups is 1. The highest BCUT2D eigenvalue weighted by atomic mass is 16.5. The van der Waals surface area contributed by atoms with Crippen molar-refractivity contribution in [1.82, 2.24) is 5.32 Å². The molecule has 2 aromatic carbocycles. The van der Waals surface area contributed by atoms with Crippen LogP contribution >= 0.6 is 0 Å². The van der Waals surface area contributed by atoms with Crippen molar-refractivity contribution in [2.45, 2.75) is 25.9 Å². The van der Waals surface area contributed by atoms with Crippen LogP contribution in [0.1, 0.15) is 18.1 Å². The van der Waals surface area contributed by atoms with E-state index in [9.17, 15) is 4.79 Å². The molecule has 2 rings (SSSR count). The molecule has 0 aliphatic carbocycles. The highest BCUT2D eigenvalue weighted by Gasteiger charge is 2.20. The van der Waals surface area contributed by atoms with Crippen molar-refractivity contribution >= 4 is 5.91 Å². The van der Waals surface area contributed by atoms with E-state index in [0.717, 1.165) is 12.0 Å². The number of aryl methyl sites for hydroxylation is 1. The number of hydrogen-bond acceptors (Lipinski definition) is 5. The maximum Gasteiger partial charge on any atom is 0.252 e. The molecule has 2 aromatic rings. The topological polar surface area (TPSA) is 66.0 Å². The van der Waals surface area contributed by atoms with Gasteiger partial charge in [-0.25, -0.2) is 0 Å². The van der Waals surface area contributed by atoms with Crippen LogP contribution in [0, 0.1) is 24.7 Å². The summed E-state index contributed by atoms with van der Waals surface area (Å²) < 4.78 is 22.0. The van der Waals surface area contributed by atoms with E-state index in [0.29, 0.717) is 30.2 Å². The van der Waals surface area contributed by atoms with Gasteiger partial charge >= 0.3 is 0 Å². The Morgan fingerprint density at radius 2 is 1.72 bits per heavy atom. The Labute approximate surface area is 190 Å². The largest absolute Gasteiger partial charge is 0.493 e. The second-order valence-electron chi connectivity index (χ2n) is 6.83. The van der Waals surface area contributed by atoms with Gasteiger partial charge in [-0.1, -0.05) is 37.0 Å². The zero-order valence-corrected chi connectivity index (χ0v) is 18.6. The molecule has 0 saturated carbocycles. The number of amides is 1. The third kappa shape index (κ3) is 7.91. The predicted molar refractivity (Wildman–Crippen MR) is 124 cm³/mol. The molecule has 32 heavy (non-hydrogen) atoms. The Kier molecular flexibility index (Phi) is 10.5. The molecular formula is C26H29NO5. The van der Waals surface area contributed by atoms with Crippen LogP contribution in [0.3, 0.4) is 0 Å². The van der Waals surface area contributed by atoms with Crippen molar-refractivity contribution in [3.8, 4) is 41.9 Å². The van der Waals surface area contributed by atoms with Crippen molar-refractivity contribution in [1.29, 1.82) is 0 Å². The summed E-state index contributed by atoms with van der Waals surface area (Å²) in [5.41, 5.74) is 2.19. The van der Waals surface area contributed by atoms with E-state index in [-0.39, 0.29) is 25.7 Å². The van der Waals surface area contributed by atoms with Crippen LogP contribution in [0.5, 0.6) is 17.2 Å². The van der Waals surface area contributed by atoms with E-state index in [1.54, 1.807) is 13.2 Å². The highest BCUT2D eigenvalue weighted by Crippen LogP contribution is 2.28. The van der Waals surface area contributed by atoms with Crippen molar-refractivity contribution in [2.24, 2.45) is 0 Å². The van der Waals surface area contributed by atoms with Gasteiger partial charge in [0.1, 0.15) is 25.6 Å². The summed E-state index contributed by atoms with van der Waals surface area (Å²) in [7, 11) is 1.56. The van der Waals surface area contributed by atoms with Crippen molar-refractivity contribution < 1.29 is 23.7 Å². The van der Waals surface area contributed by atoms with E-state index < -0.39 is 6.10 Å². The zero-order chi connectivity index (χ0) is 23.2. The van der Waals surface area contributed by atoms with Crippen LogP contribution < -0.4 is 19.5 Å². The molecule has 1 atom stereocenters. The quantitative estimate of drug-likeness (QED) is 0.490. The number of ether oxygens (including phenoxy) is 4. The number of carbonyl (C=O) groups excluding carboxylic acids is 1. The summed E-state index contributed by atoms with van der Waals surface area (Å²) in [6, 6.07) is 13.3. The van der Waals surface area contributed by atoms with Crippen molar-refractivity contribution in [3.05, 3.63) is 53.6 Å². The first-order valence-electron chi connectivity index (χ1n) is 10.4. The van der Waals surface area contributed by atoms with E-state index in [1.807, 2.05) is 36.4 Å². The number of terminal acetylenes is 2. The van der Waals surface area contributed by atoms with E-state index in [4.69, 9.17) is 31.8 Å². The minimum atomic E-state index is -0.814. The summed E-state index contributed by atoms with van der Waals surface area (Å²) in [5, 5.41) is 2.87. The fraction of sp³-hybridized carbons (Fsp3) is 0.346. The Bertz CT molecular complexity index is 940. The molecule has 168 valence electrons. The van der Waals surface area contributed by atoms with Gasteiger partial charge in [-0.15, -0.1) is 12.8 Å². The Balaban J connectivity index is 1.89. The molecule has 0 heterocycles. The van der Waals surface area contributed by atoms with Crippen LogP contribution in [-0.2, 0) is 22.4 Å². The lowest BCUT2D eigenvalue weighted by Crippen LogP contribution is -2.41. The van der Waals surface area contributed by atoms with E-state index >= 15 is 0 Å². The Morgan fingerprint density at radius 3 is 2.38 bits per heavy atom. The lowest BCUT2D eigenvalue weighted by molar-refractivity contribution is -0.133. The fourth-order valence-corrected chi connectivity index (χ4v) is 2.89.